The van der Waals surface area contributed by atoms with Crippen LogP contribution in [0.5, 0.6) is 0 Å². The van der Waals surface area contributed by atoms with Crippen LogP contribution in [0.2, 0.25) is 0 Å². The molecule has 0 bridgehead atoms. The van der Waals surface area contributed by atoms with Crippen LogP contribution in [-0.2, 0) is 10.0 Å². The maximum absolute atomic E-state index is 13.4. The number of nitrogens with zero attached hydrogens (tertiary/aromatic N) is 2. The van der Waals surface area contributed by atoms with Crippen LogP contribution >= 0.6 is 0 Å². The third-order valence-electron chi connectivity index (χ3n) is 5.73. The van der Waals surface area contributed by atoms with Gasteiger partial charge in [0.05, 0.1) is 10.9 Å². The summed E-state index contributed by atoms with van der Waals surface area (Å²) in [4.78, 5) is 4.92. The normalized spacial score (nSPS) is 21.6. The molecule has 5 nitrogen and oxygen atoms in total. The molecule has 1 aliphatic carbocycles. The first-order chi connectivity index (χ1) is 13.1. The van der Waals surface area contributed by atoms with Crippen molar-refractivity contribution in [2.45, 2.75) is 62.4 Å². The number of benzene rings is 1. The average Bonchev–Trinajstić information content (AvgIpc) is 2.65. The van der Waals surface area contributed by atoms with Crippen molar-refractivity contribution < 1.29 is 8.42 Å². The molecule has 2 fully saturated rings. The lowest BCUT2D eigenvalue weighted by atomic mass is 9.92. The lowest BCUT2D eigenvalue weighted by Crippen LogP contribution is -2.39. The maximum atomic E-state index is 13.4. The highest BCUT2D eigenvalue weighted by molar-refractivity contribution is 7.89. The van der Waals surface area contributed by atoms with Gasteiger partial charge in [0.15, 0.2) is 0 Å². The van der Waals surface area contributed by atoms with E-state index in [0.29, 0.717) is 17.5 Å². The molecule has 1 atom stereocenters. The minimum atomic E-state index is -3.54. The van der Waals surface area contributed by atoms with Gasteiger partial charge in [0.2, 0.25) is 10.0 Å². The number of nitrogens with one attached hydrogen (secondary N) is 1. The second-order valence-corrected chi connectivity index (χ2v) is 9.54. The number of aryl methyl sites for hydroxylation is 1. The van der Waals surface area contributed by atoms with E-state index in [9.17, 15) is 8.42 Å². The quantitative estimate of drug-likeness (QED) is 0.835. The van der Waals surface area contributed by atoms with E-state index in [1.54, 1.807) is 22.6 Å². The Labute approximate surface area is 161 Å². The van der Waals surface area contributed by atoms with Crippen LogP contribution in [0, 0.1) is 6.92 Å². The Bertz CT molecular complexity index is 892. The highest BCUT2D eigenvalue weighted by Crippen LogP contribution is 2.38. The fourth-order valence-corrected chi connectivity index (χ4v) is 5.58. The van der Waals surface area contributed by atoms with Crippen LogP contribution in [0.15, 0.2) is 47.5 Å². The van der Waals surface area contributed by atoms with E-state index in [-0.39, 0.29) is 6.04 Å². The molecule has 0 radical (unpaired) electrons. The smallest absolute Gasteiger partial charge is 0.243 e. The summed E-state index contributed by atoms with van der Waals surface area (Å²) < 4.78 is 28.4. The molecule has 1 unspecified atom stereocenters. The fourth-order valence-electron chi connectivity index (χ4n) is 3.90. The first kappa shape index (κ1) is 18.4. The molecule has 1 aromatic heterocycles. The number of aromatic nitrogens is 1. The van der Waals surface area contributed by atoms with Gasteiger partial charge in [-0.15, -0.1) is 0 Å². The van der Waals surface area contributed by atoms with Crippen molar-refractivity contribution in [3.8, 4) is 0 Å². The van der Waals surface area contributed by atoms with E-state index in [2.05, 4.69) is 10.3 Å². The van der Waals surface area contributed by atoms with Crippen LogP contribution in [0.25, 0.3) is 0 Å². The highest BCUT2D eigenvalue weighted by atomic mass is 32.2. The number of sulfonamides is 1. The van der Waals surface area contributed by atoms with Gasteiger partial charge in [0, 0.05) is 24.3 Å². The van der Waals surface area contributed by atoms with Crippen LogP contribution in [0.1, 0.15) is 55.7 Å². The van der Waals surface area contributed by atoms with Gasteiger partial charge in [-0.3, -0.25) is 0 Å². The van der Waals surface area contributed by atoms with Gasteiger partial charge in [-0.2, -0.15) is 4.31 Å². The number of hydrogen-bond donors (Lipinski definition) is 1. The van der Waals surface area contributed by atoms with Gasteiger partial charge in [-0.25, -0.2) is 13.4 Å². The zero-order valence-electron chi connectivity index (χ0n) is 15.8. The molecule has 144 valence electrons. The Morgan fingerprint density at radius 1 is 1.04 bits per heavy atom. The van der Waals surface area contributed by atoms with Crippen molar-refractivity contribution in [1.29, 1.82) is 0 Å². The predicted octanol–water partition coefficient (Wildman–Crippen LogP) is 4.27. The number of rotatable bonds is 5. The largest absolute Gasteiger partial charge is 0.367 e. The summed E-state index contributed by atoms with van der Waals surface area (Å²) in [7, 11) is -3.54. The Morgan fingerprint density at radius 2 is 1.81 bits per heavy atom. The van der Waals surface area contributed by atoms with E-state index in [1.807, 2.05) is 31.2 Å². The molecule has 27 heavy (non-hydrogen) atoms. The molecule has 4 rings (SSSR count). The predicted molar refractivity (Wildman–Crippen MR) is 107 cm³/mol. The summed E-state index contributed by atoms with van der Waals surface area (Å²) in [5.74, 6) is 0.846. The Hall–Kier alpha value is -1.92. The zero-order chi connectivity index (χ0) is 18.9. The number of hydrogen-bond acceptors (Lipinski definition) is 4. The summed E-state index contributed by atoms with van der Waals surface area (Å²) in [6.07, 6.45) is 8.10. The van der Waals surface area contributed by atoms with Crippen LogP contribution < -0.4 is 5.32 Å². The molecule has 2 aliphatic rings. The van der Waals surface area contributed by atoms with Gasteiger partial charge >= 0.3 is 0 Å². The molecule has 1 aliphatic heterocycles. The first-order valence-corrected chi connectivity index (χ1v) is 11.3. The third-order valence-corrected chi connectivity index (χ3v) is 7.65. The Balaban J connectivity index is 1.68. The summed E-state index contributed by atoms with van der Waals surface area (Å²) >= 11 is 0. The molecule has 1 saturated carbocycles. The molecule has 0 amide bonds. The minimum Gasteiger partial charge on any atom is -0.367 e. The third kappa shape index (κ3) is 3.73. The van der Waals surface area contributed by atoms with Crippen molar-refractivity contribution in [3.05, 3.63) is 53.7 Å². The molecule has 1 N–H and O–H groups in total. The molecule has 0 spiro atoms. The SMILES string of the molecule is Cc1ccc(S(=O)(=O)N2CCCCC2c2cccnc2NC2CCC2)cc1. The van der Waals surface area contributed by atoms with Crippen molar-refractivity contribution in [3.63, 3.8) is 0 Å². The van der Waals surface area contributed by atoms with Crippen molar-refractivity contribution in [2.75, 3.05) is 11.9 Å². The molecule has 6 heteroatoms. The summed E-state index contributed by atoms with van der Waals surface area (Å²) in [5, 5.41) is 3.53. The van der Waals surface area contributed by atoms with Crippen LogP contribution in [-0.4, -0.2) is 30.3 Å². The lowest BCUT2D eigenvalue weighted by molar-refractivity contribution is 0.256. The zero-order valence-corrected chi connectivity index (χ0v) is 16.6. The molecular weight excluding hydrogens is 358 g/mol. The summed E-state index contributed by atoms with van der Waals surface area (Å²) in [6.45, 7) is 2.52. The molecule has 1 saturated heterocycles. The second-order valence-electron chi connectivity index (χ2n) is 7.65. The number of anilines is 1. The van der Waals surface area contributed by atoms with E-state index < -0.39 is 10.0 Å². The molecule has 2 aromatic rings. The first-order valence-electron chi connectivity index (χ1n) is 9.86. The standard InChI is InChI=1S/C21H27N3O2S/c1-16-10-12-18(13-11-16)27(25,26)24-15-3-2-9-20(24)19-8-5-14-22-21(19)23-17-6-4-7-17/h5,8,10-14,17,20H,2-4,6-7,9,15H2,1H3,(H,22,23). The average molecular weight is 386 g/mol. The fraction of sp³-hybridized carbons (Fsp3) is 0.476. The van der Waals surface area contributed by atoms with Crippen molar-refractivity contribution in [2.24, 2.45) is 0 Å². The molecular formula is C21H27N3O2S. The van der Waals surface area contributed by atoms with Gasteiger partial charge in [-0.1, -0.05) is 30.2 Å². The molecule has 1 aromatic carbocycles. The van der Waals surface area contributed by atoms with Gasteiger partial charge in [0.1, 0.15) is 5.82 Å². The minimum absolute atomic E-state index is 0.165. The van der Waals surface area contributed by atoms with Gasteiger partial charge < -0.3 is 5.32 Å². The summed E-state index contributed by atoms with van der Waals surface area (Å²) in [5.41, 5.74) is 2.06. The van der Waals surface area contributed by atoms with Crippen molar-refractivity contribution >= 4 is 15.8 Å². The lowest BCUT2D eigenvalue weighted by Gasteiger charge is -2.36. The Kier molecular flexibility index (Phi) is 5.19. The van der Waals surface area contributed by atoms with E-state index in [4.69, 9.17) is 0 Å². The van der Waals surface area contributed by atoms with E-state index in [0.717, 1.165) is 49.0 Å². The van der Waals surface area contributed by atoms with Gasteiger partial charge in [-0.05, 0) is 57.2 Å². The second kappa shape index (κ2) is 7.60. The van der Waals surface area contributed by atoms with E-state index >= 15 is 0 Å². The van der Waals surface area contributed by atoms with Gasteiger partial charge in [0.25, 0.3) is 0 Å². The van der Waals surface area contributed by atoms with Crippen LogP contribution in [0.3, 0.4) is 0 Å². The van der Waals surface area contributed by atoms with Crippen molar-refractivity contribution in [1.82, 2.24) is 9.29 Å². The maximum Gasteiger partial charge on any atom is 0.243 e. The summed E-state index contributed by atoms with van der Waals surface area (Å²) in [6, 6.07) is 11.4. The number of pyridine rings is 1. The monoisotopic (exact) mass is 385 g/mol. The Morgan fingerprint density at radius 3 is 2.52 bits per heavy atom. The van der Waals surface area contributed by atoms with Crippen LogP contribution in [0.4, 0.5) is 5.82 Å². The highest BCUT2D eigenvalue weighted by Gasteiger charge is 2.36. The molecule has 2 heterocycles. The topological polar surface area (TPSA) is 62.3 Å². The van der Waals surface area contributed by atoms with E-state index in [1.165, 1.54) is 6.42 Å². The number of piperidine rings is 1.